The zero-order valence-corrected chi connectivity index (χ0v) is 21.3. The standard InChI is InChI=1S/C25H32F3N3O3S/c1-24(2,3)21-14-31(13-18-6-5-9-33-18)23(35-21)29-22(32)19-10-17(25(26,27)28)7-8-20(19)34-15-16-11-30(4)12-16/h7-8,10,14,16,18H,5-6,9,11-13,15H2,1-4H3/b29-23-/t18-/m1/s1. The van der Waals surface area contributed by atoms with Gasteiger partial charge in [0.15, 0.2) is 4.80 Å². The van der Waals surface area contributed by atoms with Crippen LogP contribution in [0.2, 0.25) is 0 Å². The number of halogens is 3. The molecule has 6 nitrogen and oxygen atoms in total. The van der Waals surface area contributed by atoms with Crippen molar-refractivity contribution in [2.24, 2.45) is 10.9 Å². The number of nitrogens with zero attached hydrogens (tertiary/aromatic N) is 3. The molecule has 10 heteroatoms. The van der Waals surface area contributed by atoms with E-state index < -0.39 is 17.6 Å². The van der Waals surface area contributed by atoms with Crippen LogP contribution in [0.4, 0.5) is 13.2 Å². The molecule has 2 aromatic rings. The summed E-state index contributed by atoms with van der Waals surface area (Å²) in [4.78, 5) is 21.2. The molecule has 0 saturated carbocycles. The van der Waals surface area contributed by atoms with Crippen molar-refractivity contribution in [2.75, 3.05) is 33.4 Å². The maximum absolute atomic E-state index is 13.4. The Morgan fingerprint density at radius 1 is 1.26 bits per heavy atom. The fourth-order valence-corrected chi connectivity index (χ4v) is 5.30. The molecule has 1 aromatic carbocycles. The Bertz CT molecular complexity index is 1120. The minimum absolute atomic E-state index is 0.0273. The van der Waals surface area contributed by atoms with Crippen molar-refractivity contribution in [3.63, 3.8) is 0 Å². The highest BCUT2D eigenvalue weighted by Crippen LogP contribution is 2.33. The lowest BCUT2D eigenvalue weighted by Gasteiger charge is -2.35. The summed E-state index contributed by atoms with van der Waals surface area (Å²) in [5, 5.41) is 0. The second-order valence-electron chi connectivity index (χ2n) is 10.4. The van der Waals surface area contributed by atoms with E-state index in [0.29, 0.717) is 24.6 Å². The third kappa shape index (κ3) is 6.34. The molecule has 0 radical (unpaired) electrons. The van der Waals surface area contributed by atoms with Crippen LogP contribution in [0, 0.1) is 5.92 Å². The lowest BCUT2D eigenvalue weighted by molar-refractivity contribution is -0.137. The molecular weight excluding hydrogens is 479 g/mol. The van der Waals surface area contributed by atoms with Gasteiger partial charge in [-0.25, -0.2) is 0 Å². The van der Waals surface area contributed by atoms with E-state index in [1.807, 2.05) is 17.8 Å². The van der Waals surface area contributed by atoms with Gasteiger partial charge in [-0.1, -0.05) is 20.8 Å². The van der Waals surface area contributed by atoms with E-state index in [0.717, 1.165) is 42.9 Å². The lowest BCUT2D eigenvalue weighted by atomic mass is 9.95. The van der Waals surface area contributed by atoms with Gasteiger partial charge in [0, 0.05) is 36.7 Å². The number of carbonyl (C=O) groups is 1. The van der Waals surface area contributed by atoms with E-state index in [1.54, 1.807) is 0 Å². The average molecular weight is 512 g/mol. The molecule has 2 fully saturated rings. The first-order valence-electron chi connectivity index (χ1n) is 11.8. The Labute approximate surface area is 207 Å². The summed E-state index contributed by atoms with van der Waals surface area (Å²) in [5.74, 6) is -0.345. The third-order valence-corrected chi connectivity index (χ3v) is 7.68. The number of likely N-dealkylation sites (tertiary alicyclic amines) is 1. The summed E-state index contributed by atoms with van der Waals surface area (Å²) in [6.45, 7) is 9.48. The van der Waals surface area contributed by atoms with E-state index in [4.69, 9.17) is 9.47 Å². The molecule has 3 heterocycles. The SMILES string of the molecule is CN1CC(COc2ccc(C(F)(F)F)cc2C(=O)/N=c2\sc(C(C)(C)C)cn2C[C@H]2CCCO2)C1. The molecule has 2 aliphatic heterocycles. The van der Waals surface area contributed by atoms with Crippen LogP contribution in [0.15, 0.2) is 29.4 Å². The molecule has 1 atom stereocenters. The Morgan fingerprint density at radius 2 is 2.00 bits per heavy atom. The molecule has 0 aliphatic carbocycles. The summed E-state index contributed by atoms with van der Waals surface area (Å²) in [7, 11) is 1.99. The monoisotopic (exact) mass is 511 g/mol. The number of carbonyl (C=O) groups excluding carboxylic acids is 1. The third-order valence-electron chi connectivity index (χ3n) is 6.23. The van der Waals surface area contributed by atoms with Crippen molar-refractivity contribution < 1.29 is 27.4 Å². The second kappa shape index (κ2) is 10.1. The molecule has 2 saturated heterocycles. The van der Waals surface area contributed by atoms with Gasteiger partial charge < -0.3 is 18.9 Å². The van der Waals surface area contributed by atoms with E-state index in [1.165, 1.54) is 17.4 Å². The van der Waals surface area contributed by atoms with Crippen LogP contribution in [0.5, 0.6) is 5.75 Å². The Kier molecular flexibility index (Phi) is 7.45. The van der Waals surface area contributed by atoms with Gasteiger partial charge in [0.2, 0.25) is 0 Å². The van der Waals surface area contributed by atoms with Gasteiger partial charge in [-0.2, -0.15) is 18.2 Å². The number of aromatic nitrogens is 1. The number of ether oxygens (including phenoxy) is 2. The molecule has 0 spiro atoms. The molecule has 35 heavy (non-hydrogen) atoms. The van der Waals surface area contributed by atoms with Crippen molar-refractivity contribution in [3.05, 3.63) is 45.2 Å². The topological polar surface area (TPSA) is 56.1 Å². The zero-order valence-electron chi connectivity index (χ0n) is 20.5. The lowest BCUT2D eigenvalue weighted by Crippen LogP contribution is -2.46. The van der Waals surface area contributed by atoms with Crippen LogP contribution >= 0.6 is 11.3 Å². The fraction of sp³-hybridized carbons (Fsp3) is 0.600. The highest BCUT2D eigenvalue weighted by molar-refractivity contribution is 7.09. The highest BCUT2D eigenvalue weighted by atomic mass is 32.1. The van der Waals surface area contributed by atoms with E-state index in [9.17, 15) is 18.0 Å². The average Bonchev–Trinajstić information content (AvgIpc) is 3.40. The van der Waals surface area contributed by atoms with Crippen molar-refractivity contribution in [2.45, 2.75) is 57.9 Å². The van der Waals surface area contributed by atoms with Gasteiger partial charge in [0.05, 0.1) is 30.4 Å². The van der Waals surface area contributed by atoms with Gasteiger partial charge >= 0.3 is 6.18 Å². The van der Waals surface area contributed by atoms with Gasteiger partial charge in [-0.05, 0) is 43.5 Å². The summed E-state index contributed by atoms with van der Waals surface area (Å²) < 4.78 is 53.8. The quantitative estimate of drug-likeness (QED) is 0.563. The molecule has 1 amide bonds. The van der Waals surface area contributed by atoms with Crippen LogP contribution < -0.4 is 9.54 Å². The molecule has 0 bridgehead atoms. The van der Waals surface area contributed by atoms with E-state index in [-0.39, 0.29) is 28.7 Å². The van der Waals surface area contributed by atoms with Crippen molar-refractivity contribution >= 4 is 17.2 Å². The number of hydrogen-bond acceptors (Lipinski definition) is 5. The largest absolute Gasteiger partial charge is 0.492 e. The predicted molar refractivity (Wildman–Crippen MR) is 128 cm³/mol. The van der Waals surface area contributed by atoms with E-state index in [2.05, 4.69) is 30.7 Å². The number of thiazole rings is 1. The van der Waals surface area contributed by atoms with Crippen LogP contribution in [-0.2, 0) is 22.9 Å². The number of hydrogen-bond donors (Lipinski definition) is 0. The summed E-state index contributed by atoms with van der Waals surface area (Å²) in [5.41, 5.74) is -1.25. The number of benzene rings is 1. The number of rotatable bonds is 6. The second-order valence-corrected chi connectivity index (χ2v) is 11.4. The molecule has 0 unspecified atom stereocenters. The summed E-state index contributed by atoms with van der Waals surface area (Å²) >= 11 is 1.37. The van der Waals surface area contributed by atoms with Gasteiger partial charge in [0.25, 0.3) is 5.91 Å². The summed E-state index contributed by atoms with van der Waals surface area (Å²) in [6, 6.07) is 3.01. The minimum Gasteiger partial charge on any atom is -0.492 e. The smallest absolute Gasteiger partial charge is 0.416 e. The normalized spacial score (nSPS) is 20.3. The van der Waals surface area contributed by atoms with E-state index >= 15 is 0 Å². The maximum atomic E-state index is 13.4. The number of alkyl halides is 3. The van der Waals surface area contributed by atoms with Crippen LogP contribution in [0.3, 0.4) is 0 Å². The van der Waals surface area contributed by atoms with Gasteiger partial charge in [0.1, 0.15) is 5.75 Å². The van der Waals surface area contributed by atoms with Gasteiger partial charge in [-0.15, -0.1) is 11.3 Å². The zero-order chi connectivity index (χ0) is 25.4. The maximum Gasteiger partial charge on any atom is 0.416 e. The molecular formula is C25H32F3N3O3S. The Morgan fingerprint density at radius 3 is 2.60 bits per heavy atom. The van der Waals surface area contributed by atoms with Gasteiger partial charge in [-0.3, -0.25) is 4.79 Å². The van der Waals surface area contributed by atoms with Crippen molar-refractivity contribution in [1.29, 1.82) is 0 Å². The van der Waals surface area contributed by atoms with Crippen LogP contribution in [0.1, 0.15) is 54.4 Å². The molecule has 2 aliphatic rings. The van der Waals surface area contributed by atoms with Crippen LogP contribution in [0.25, 0.3) is 0 Å². The molecule has 0 N–H and O–H groups in total. The molecule has 4 rings (SSSR count). The molecule has 192 valence electrons. The first-order chi connectivity index (χ1) is 16.4. The molecule has 1 aromatic heterocycles. The fourth-order valence-electron chi connectivity index (χ4n) is 4.24. The summed E-state index contributed by atoms with van der Waals surface area (Å²) in [6.07, 6.45) is -0.682. The van der Waals surface area contributed by atoms with Crippen LogP contribution in [-0.4, -0.2) is 54.8 Å². The highest BCUT2D eigenvalue weighted by Gasteiger charge is 2.33. The first-order valence-corrected chi connectivity index (χ1v) is 12.7. The predicted octanol–water partition coefficient (Wildman–Crippen LogP) is 4.73. The Hall–Kier alpha value is -2.17. The first kappa shape index (κ1) is 25.9. The Balaban J connectivity index is 1.68. The van der Waals surface area contributed by atoms with Crippen molar-refractivity contribution in [1.82, 2.24) is 9.47 Å². The number of amides is 1. The minimum atomic E-state index is -4.58. The van der Waals surface area contributed by atoms with Crippen molar-refractivity contribution in [3.8, 4) is 5.75 Å².